The van der Waals surface area contributed by atoms with Crippen LogP contribution in [-0.4, -0.2) is 33.0 Å². The van der Waals surface area contributed by atoms with Crippen molar-refractivity contribution < 1.29 is 0 Å². The number of halogens is 1. The van der Waals surface area contributed by atoms with Crippen LogP contribution >= 0.6 is 11.6 Å². The van der Waals surface area contributed by atoms with Gasteiger partial charge < -0.3 is 4.90 Å². The Morgan fingerprint density at radius 3 is 2.81 bits per heavy atom. The molecule has 0 atom stereocenters. The first kappa shape index (κ1) is 13.9. The Hall–Kier alpha value is -2.08. The Morgan fingerprint density at radius 1 is 1.33 bits per heavy atom. The maximum atomic E-state index is 12.3. The van der Waals surface area contributed by atoms with Gasteiger partial charge in [0.1, 0.15) is 5.82 Å². The predicted molar refractivity (Wildman–Crippen MR) is 84.3 cm³/mol. The fourth-order valence-electron chi connectivity index (χ4n) is 2.48. The van der Waals surface area contributed by atoms with Crippen molar-refractivity contribution in [2.45, 2.75) is 13.3 Å². The number of anilines is 1. The van der Waals surface area contributed by atoms with Crippen LogP contribution in [0, 0.1) is 0 Å². The lowest BCUT2D eigenvalue weighted by Crippen LogP contribution is -2.20. The van der Waals surface area contributed by atoms with Crippen molar-refractivity contribution in [1.82, 2.24) is 19.4 Å². The van der Waals surface area contributed by atoms with Gasteiger partial charge in [-0.1, -0.05) is 18.5 Å². The van der Waals surface area contributed by atoms with Gasteiger partial charge in [-0.15, -0.1) is 0 Å². The lowest BCUT2D eigenvalue weighted by atomic mass is 10.2. The van der Waals surface area contributed by atoms with Crippen molar-refractivity contribution in [3.63, 3.8) is 0 Å². The SMILES string of the molecule is CCCN(C)c1ccc2c3c(=O)n(C)nc(Cl)c3cn2n1. The second-order valence-electron chi connectivity index (χ2n) is 5.08. The molecule has 7 heteroatoms. The minimum Gasteiger partial charge on any atom is -0.358 e. The highest BCUT2D eigenvalue weighted by molar-refractivity contribution is 6.34. The largest absolute Gasteiger partial charge is 0.358 e. The van der Waals surface area contributed by atoms with Gasteiger partial charge in [-0.2, -0.15) is 10.2 Å². The summed E-state index contributed by atoms with van der Waals surface area (Å²) in [4.78, 5) is 14.3. The average molecular weight is 306 g/mol. The van der Waals surface area contributed by atoms with Gasteiger partial charge in [0, 0.05) is 32.2 Å². The normalized spacial score (nSPS) is 11.4. The first-order chi connectivity index (χ1) is 10.0. The lowest BCUT2D eigenvalue weighted by molar-refractivity contribution is 0.719. The van der Waals surface area contributed by atoms with Gasteiger partial charge in [0.15, 0.2) is 5.15 Å². The highest BCUT2D eigenvalue weighted by atomic mass is 35.5. The Bertz CT molecular complexity index is 882. The van der Waals surface area contributed by atoms with Crippen molar-refractivity contribution in [3.8, 4) is 0 Å². The van der Waals surface area contributed by atoms with Crippen LogP contribution in [0.3, 0.4) is 0 Å². The van der Waals surface area contributed by atoms with E-state index in [9.17, 15) is 4.79 Å². The van der Waals surface area contributed by atoms with Gasteiger partial charge in [0.25, 0.3) is 5.56 Å². The van der Waals surface area contributed by atoms with E-state index in [4.69, 9.17) is 11.6 Å². The van der Waals surface area contributed by atoms with Gasteiger partial charge in [-0.3, -0.25) is 4.79 Å². The highest BCUT2D eigenvalue weighted by Gasteiger charge is 2.14. The molecule has 3 aromatic heterocycles. The van der Waals surface area contributed by atoms with Crippen LogP contribution in [0.25, 0.3) is 16.3 Å². The second-order valence-corrected chi connectivity index (χ2v) is 5.44. The number of aromatic nitrogens is 4. The van der Waals surface area contributed by atoms with E-state index >= 15 is 0 Å². The zero-order chi connectivity index (χ0) is 15.1. The predicted octanol–water partition coefficient (Wildman–Crippen LogP) is 2.08. The van der Waals surface area contributed by atoms with Gasteiger partial charge in [0.05, 0.1) is 10.9 Å². The molecule has 0 aromatic carbocycles. The van der Waals surface area contributed by atoms with E-state index in [1.807, 2.05) is 19.2 Å². The third-order valence-electron chi connectivity index (χ3n) is 3.54. The number of aryl methyl sites for hydroxylation is 1. The van der Waals surface area contributed by atoms with E-state index in [1.54, 1.807) is 17.8 Å². The zero-order valence-corrected chi connectivity index (χ0v) is 12.9. The molecular formula is C14H16ClN5O. The van der Waals surface area contributed by atoms with E-state index in [-0.39, 0.29) is 5.56 Å². The zero-order valence-electron chi connectivity index (χ0n) is 12.2. The fraction of sp³-hybridized carbons (Fsp3) is 0.357. The summed E-state index contributed by atoms with van der Waals surface area (Å²) in [5.41, 5.74) is 0.567. The van der Waals surface area contributed by atoms with Crippen molar-refractivity contribution in [3.05, 3.63) is 33.8 Å². The number of fused-ring (bicyclic) bond motifs is 3. The monoisotopic (exact) mass is 305 g/mol. The summed E-state index contributed by atoms with van der Waals surface area (Å²) in [5.74, 6) is 0.852. The molecule has 110 valence electrons. The van der Waals surface area contributed by atoms with Crippen molar-refractivity contribution in [2.24, 2.45) is 7.05 Å². The summed E-state index contributed by atoms with van der Waals surface area (Å²) in [6.07, 6.45) is 2.80. The molecule has 0 saturated heterocycles. The van der Waals surface area contributed by atoms with Gasteiger partial charge in [-0.25, -0.2) is 9.20 Å². The highest BCUT2D eigenvalue weighted by Crippen LogP contribution is 2.24. The molecule has 3 heterocycles. The minimum absolute atomic E-state index is 0.173. The maximum Gasteiger partial charge on any atom is 0.276 e. The second kappa shape index (κ2) is 5.04. The molecule has 6 nitrogen and oxygen atoms in total. The van der Waals surface area contributed by atoms with Crippen molar-refractivity contribution >= 4 is 33.7 Å². The van der Waals surface area contributed by atoms with Crippen LogP contribution in [0.15, 0.2) is 23.1 Å². The van der Waals surface area contributed by atoms with E-state index in [0.717, 1.165) is 24.3 Å². The molecule has 0 fully saturated rings. The van der Waals surface area contributed by atoms with E-state index < -0.39 is 0 Å². The third kappa shape index (κ3) is 2.15. The summed E-state index contributed by atoms with van der Waals surface area (Å²) in [6.45, 7) is 3.04. The summed E-state index contributed by atoms with van der Waals surface area (Å²) < 4.78 is 2.95. The average Bonchev–Trinajstić information content (AvgIpc) is 2.84. The summed E-state index contributed by atoms with van der Waals surface area (Å²) in [5, 5.41) is 10.0. The lowest BCUT2D eigenvalue weighted by Gasteiger charge is -2.16. The molecule has 0 saturated carbocycles. The molecule has 0 aliphatic heterocycles. The van der Waals surface area contributed by atoms with Crippen LogP contribution in [0.5, 0.6) is 0 Å². The number of rotatable bonds is 3. The first-order valence-corrected chi connectivity index (χ1v) is 7.16. The molecule has 3 aromatic rings. The fourth-order valence-corrected chi connectivity index (χ4v) is 2.73. The standard InChI is InChI=1S/C14H16ClN5O/c1-4-7-18(2)11-6-5-10-12-9(8-20(10)16-11)13(15)17-19(3)14(12)21/h5-6,8H,4,7H2,1-3H3. The molecule has 0 N–H and O–H groups in total. The molecule has 0 aliphatic carbocycles. The quantitative estimate of drug-likeness (QED) is 0.743. The Labute approximate surface area is 126 Å². The number of hydrogen-bond donors (Lipinski definition) is 0. The topological polar surface area (TPSA) is 55.4 Å². The summed E-state index contributed by atoms with van der Waals surface area (Å²) in [6, 6.07) is 3.81. The van der Waals surface area contributed by atoms with Crippen LogP contribution in [-0.2, 0) is 7.05 Å². The molecule has 0 bridgehead atoms. The number of nitrogens with zero attached hydrogens (tertiary/aromatic N) is 5. The molecule has 3 rings (SSSR count). The van der Waals surface area contributed by atoms with Crippen LogP contribution in [0.1, 0.15) is 13.3 Å². The molecule has 0 amide bonds. The van der Waals surface area contributed by atoms with Crippen LogP contribution in [0.4, 0.5) is 5.82 Å². The third-order valence-corrected chi connectivity index (χ3v) is 3.82. The Balaban J connectivity index is 2.30. The Morgan fingerprint density at radius 2 is 2.10 bits per heavy atom. The maximum absolute atomic E-state index is 12.3. The summed E-state index contributed by atoms with van der Waals surface area (Å²) >= 11 is 6.14. The van der Waals surface area contributed by atoms with Crippen molar-refractivity contribution in [2.75, 3.05) is 18.5 Å². The first-order valence-electron chi connectivity index (χ1n) is 6.79. The molecule has 0 spiro atoms. The molecule has 21 heavy (non-hydrogen) atoms. The molecule has 0 unspecified atom stereocenters. The van der Waals surface area contributed by atoms with Crippen LogP contribution in [0.2, 0.25) is 5.15 Å². The van der Waals surface area contributed by atoms with E-state index in [0.29, 0.717) is 15.9 Å². The minimum atomic E-state index is -0.173. The summed E-state index contributed by atoms with van der Waals surface area (Å²) in [7, 11) is 3.59. The van der Waals surface area contributed by atoms with E-state index in [1.165, 1.54) is 4.68 Å². The van der Waals surface area contributed by atoms with E-state index in [2.05, 4.69) is 22.0 Å². The Kier molecular flexibility index (Phi) is 3.33. The number of hydrogen-bond acceptors (Lipinski definition) is 4. The smallest absolute Gasteiger partial charge is 0.276 e. The van der Waals surface area contributed by atoms with Crippen LogP contribution < -0.4 is 10.5 Å². The van der Waals surface area contributed by atoms with Gasteiger partial charge >= 0.3 is 0 Å². The molecule has 0 radical (unpaired) electrons. The van der Waals surface area contributed by atoms with Crippen molar-refractivity contribution in [1.29, 1.82) is 0 Å². The molecular weight excluding hydrogens is 290 g/mol. The van der Waals surface area contributed by atoms with Gasteiger partial charge in [0.2, 0.25) is 0 Å². The molecule has 0 aliphatic rings. The van der Waals surface area contributed by atoms with Gasteiger partial charge in [-0.05, 0) is 18.6 Å².